The van der Waals surface area contributed by atoms with Gasteiger partial charge in [-0.25, -0.2) is 9.97 Å². The third-order valence-electron chi connectivity index (χ3n) is 2.77. The molecule has 0 aliphatic heterocycles. The molecule has 1 heterocycles. The van der Waals surface area contributed by atoms with Crippen LogP contribution in [0.4, 0.5) is 5.69 Å². The first-order chi connectivity index (χ1) is 10.5. The first-order valence-corrected chi connectivity index (χ1v) is 8.50. The van der Waals surface area contributed by atoms with Crippen LogP contribution in [0.5, 0.6) is 0 Å². The van der Waals surface area contributed by atoms with Crippen LogP contribution >= 0.6 is 34.4 Å². The van der Waals surface area contributed by atoms with Gasteiger partial charge in [0.25, 0.3) is 0 Å². The molecule has 0 atom stereocenters. The fourth-order valence-electron chi connectivity index (χ4n) is 1.80. The summed E-state index contributed by atoms with van der Waals surface area (Å²) in [4.78, 5) is 20.5. The molecule has 2 rings (SSSR count). The Labute approximate surface area is 146 Å². The second kappa shape index (κ2) is 7.56. The molecule has 1 amide bonds. The van der Waals surface area contributed by atoms with E-state index < -0.39 is 0 Å². The Morgan fingerprint density at radius 3 is 2.77 bits per heavy atom. The monoisotopic (exact) mass is 424 g/mol. The lowest BCUT2D eigenvalue weighted by Crippen LogP contribution is -2.15. The maximum Gasteiger partial charge on any atom is 0.234 e. The van der Waals surface area contributed by atoms with Crippen LogP contribution in [0.3, 0.4) is 0 Å². The summed E-state index contributed by atoms with van der Waals surface area (Å²) < 4.78 is 0.977. The van der Waals surface area contributed by atoms with Crippen molar-refractivity contribution in [2.24, 2.45) is 0 Å². The Hall–Kier alpha value is -1.66. The van der Waals surface area contributed by atoms with Gasteiger partial charge in [0.1, 0.15) is 22.5 Å². The van der Waals surface area contributed by atoms with Gasteiger partial charge in [-0.1, -0.05) is 23.9 Å². The molecule has 0 spiro atoms. The van der Waals surface area contributed by atoms with Crippen molar-refractivity contribution < 1.29 is 4.79 Å². The second-order valence-electron chi connectivity index (χ2n) is 4.46. The van der Waals surface area contributed by atoms with E-state index in [4.69, 9.17) is 0 Å². The Kier molecular flexibility index (Phi) is 5.74. The number of aryl methyl sites for hydroxylation is 2. The zero-order chi connectivity index (χ0) is 16.1. The fourth-order valence-corrected chi connectivity index (χ4v) is 3.19. The number of rotatable bonds is 4. The average molecular weight is 424 g/mol. The van der Waals surface area contributed by atoms with E-state index in [0.717, 1.165) is 9.26 Å². The summed E-state index contributed by atoms with van der Waals surface area (Å²) in [5.74, 6) is 0.652. The number of hydrogen-bond acceptors (Lipinski definition) is 5. The third-order valence-corrected chi connectivity index (χ3v) is 4.68. The van der Waals surface area contributed by atoms with Crippen molar-refractivity contribution in [3.05, 3.63) is 44.9 Å². The summed E-state index contributed by atoms with van der Waals surface area (Å²) >= 11 is 3.41. The summed E-state index contributed by atoms with van der Waals surface area (Å²) in [6.07, 6.45) is 0. The van der Waals surface area contributed by atoms with Gasteiger partial charge in [0.15, 0.2) is 0 Å². The van der Waals surface area contributed by atoms with Crippen LogP contribution in [0, 0.1) is 28.7 Å². The zero-order valence-corrected chi connectivity index (χ0v) is 15.0. The van der Waals surface area contributed by atoms with Gasteiger partial charge >= 0.3 is 0 Å². The van der Waals surface area contributed by atoms with Gasteiger partial charge in [-0.3, -0.25) is 4.79 Å². The van der Waals surface area contributed by atoms with Gasteiger partial charge in [-0.2, -0.15) is 5.26 Å². The first kappa shape index (κ1) is 16.7. The van der Waals surface area contributed by atoms with Crippen LogP contribution in [-0.2, 0) is 4.79 Å². The molecule has 5 nitrogen and oxygen atoms in total. The molecule has 112 valence electrons. The number of benzene rings is 1. The highest BCUT2D eigenvalue weighted by Crippen LogP contribution is 2.23. The number of carbonyl (C=O) groups excluding carboxylic acids is 1. The van der Waals surface area contributed by atoms with Crippen molar-refractivity contribution in [1.29, 1.82) is 5.26 Å². The van der Waals surface area contributed by atoms with E-state index in [1.165, 1.54) is 11.8 Å². The normalized spacial score (nSPS) is 10.1. The number of nitriles is 1. The quantitative estimate of drug-likeness (QED) is 0.463. The van der Waals surface area contributed by atoms with Crippen LogP contribution in [-0.4, -0.2) is 21.6 Å². The molecule has 7 heteroatoms. The van der Waals surface area contributed by atoms with Crippen LogP contribution in [0.25, 0.3) is 0 Å². The molecule has 0 radical (unpaired) electrons. The lowest BCUT2D eigenvalue weighted by molar-refractivity contribution is -0.113. The minimum absolute atomic E-state index is 0.132. The fraction of sp³-hybridized carbons (Fsp3) is 0.200. The van der Waals surface area contributed by atoms with Crippen LogP contribution in [0.1, 0.15) is 17.1 Å². The van der Waals surface area contributed by atoms with Crippen LogP contribution in [0.2, 0.25) is 0 Å². The highest BCUT2D eigenvalue weighted by molar-refractivity contribution is 14.1. The van der Waals surface area contributed by atoms with Crippen molar-refractivity contribution in [2.75, 3.05) is 11.1 Å². The van der Waals surface area contributed by atoms with E-state index in [-0.39, 0.29) is 11.7 Å². The number of hydrogen-bond donors (Lipinski definition) is 1. The van der Waals surface area contributed by atoms with E-state index in [9.17, 15) is 10.1 Å². The second-order valence-corrected chi connectivity index (χ2v) is 6.59. The first-order valence-electron chi connectivity index (χ1n) is 6.43. The third kappa shape index (κ3) is 4.18. The molecule has 0 saturated heterocycles. The number of halogens is 1. The summed E-state index contributed by atoms with van der Waals surface area (Å²) in [6.45, 7) is 3.54. The van der Waals surface area contributed by atoms with Crippen molar-refractivity contribution in [1.82, 2.24) is 9.97 Å². The number of para-hydroxylation sites is 1. The molecule has 22 heavy (non-hydrogen) atoms. The highest BCUT2D eigenvalue weighted by Gasteiger charge is 2.13. The van der Waals surface area contributed by atoms with E-state index in [0.29, 0.717) is 22.1 Å². The van der Waals surface area contributed by atoms with E-state index in [2.05, 4.69) is 43.9 Å². The van der Waals surface area contributed by atoms with Gasteiger partial charge in [0.2, 0.25) is 5.91 Å². The van der Waals surface area contributed by atoms with E-state index in [1.807, 2.05) is 24.3 Å². The molecule has 0 aliphatic rings. The summed E-state index contributed by atoms with van der Waals surface area (Å²) in [7, 11) is 0. The van der Waals surface area contributed by atoms with Gasteiger partial charge in [0, 0.05) is 3.57 Å². The number of thioether (sulfide) groups is 1. The number of carbonyl (C=O) groups is 1. The maximum absolute atomic E-state index is 12.0. The molecule has 0 saturated carbocycles. The standard InChI is InChI=1S/C15H13IN4OS/c1-9-11(7-17)15(19-10(2)18-9)22-8-14(21)20-13-6-4-3-5-12(13)16/h3-6H,8H2,1-2H3,(H,20,21). The molecule has 1 N–H and O–H groups in total. The van der Waals surface area contributed by atoms with Gasteiger partial charge < -0.3 is 5.32 Å². The Balaban J connectivity index is 2.06. The van der Waals surface area contributed by atoms with Crippen molar-refractivity contribution in [2.45, 2.75) is 18.9 Å². The molecule has 0 bridgehead atoms. The number of anilines is 1. The van der Waals surface area contributed by atoms with Crippen LogP contribution < -0.4 is 5.32 Å². The van der Waals surface area contributed by atoms with Crippen molar-refractivity contribution >= 4 is 45.9 Å². The summed E-state index contributed by atoms with van der Waals surface area (Å²) in [6, 6.07) is 9.66. The SMILES string of the molecule is Cc1nc(C)c(C#N)c(SCC(=O)Nc2ccccc2I)n1. The lowest BCUT2D eigenvalue weighted by Gasteiger charge is -2.08. The Morgan fingerprint density at radius 1 is 1.36 bits per heavy atom. The van der Waals surface area contributed by atoms with Gasteiger partial charge in [-0.05, 0) is 48.6 Å². The van der Waals surface area contributed by atoms with Crippen molar-refractivity contribution in [3.63, 3.8) is 0 Å². The molecular weight excluding hydrogens is 411 g/mol. The highest BCUT2D eigenvalue weighted by atomic mass is 127. The average Bonchev–Trinajstić information content (AvgIpc) is 2.47. The minimum atomic E-state index is -0.132. The van der Waals surface area contributed by atoms with Crippen LogP contribution in [0.15, 0.2) is 29.3 Å². The predicted octanol–water partition coefficient (Wildman–Crippen LogP) is 3.30. The largest absolute Gasteiger partial charge is 0.324 e. The summed E-state index contributed by atoms with van der Waals surface area (Å²) in [5, 5.41) is 12.6. The molecule has 0 unspecified atom stereocenters. The number of nitrogens with one attached hydrogen (secondary N) is 1. The molecular formula is C15H13IN4OS. The number of nitrogens with zero attached hydrogens (tertiary/aromatic N) is 3. The van der Waals surface area contributed by atoms with Crippen molar-refractivity contribution in [3.8, 4) is 6.07 Å². The smallest absolute Gasteiger partial charge is 0.234 e. The molecule has 0 aliphatic carbocycles. The Bertz CT molecular complexity index is 758. The van der Waals surface area contributed by atoms with Gasteiger partial charge in [0.05, 0.1) is 17.1 Å². The Morgan fingerprint density at radius 2 is 2.09 bits per heavy atom. The minimum Gasteiger partial charge on any atom is -0.324 e. The zero-order valence-electron chi connectivity index (χ0n) is 12.1. The van der Waals surface area contributed by atoms with E-state index in [1.54, 1.807) is 13.8 Å². The number of amides is 1. The summed E-state index contributed by atoms with van der Waals surface area (Å²) in [5.41, 5.74) is 1.84. The van der Waals surface area contributed by atoms with E-state index >= 15 is 0 Å². The molecule has 1 aromatic heterocycles. The molecule has 1 aromatic carbocycles. The van der Waals surface area contributed by atoms with Gasteiger partial charge in [-0.15, -0.1) is 0 Å². The number of aromatic nitrogens is 2. The predicted molar refractivity (Wildman–Crippen MR) is 94.7 cm³/mol. The maximum atomic E-state index is 12.0. The molecule has 2 aromatic rings. The lowest BCUT2D eigenvalue weighted by atomic mass is 10.3. The topological polar surface area (TPSA) is 78.7 Å². The molecule has 0 fully saturated rings.